The van der Waals surface area contributed by atoms with Crippen LogP contribution in [0, 0.1) is 17.3 Å². The quantitative estimate of drug-likeness (QED) is 0.753. The Kier molecular flexibility index (Phi) is 6.55. The summed E-state index contributed by atoms with van der Waals surface area (Å²) in [5.74, 6) is 1.58. The Hall–Kier alpha value is -0.0800. The Labute approximate surface area is 133 Å². The van der Waals surface area contributed by atoms with E-state index in [2.05, 4.69) is 37.9 Å². The third-order valence-electron chi connectivity index (χ3n) is 5.69. The summed E-state index contributed by atoms with van der Waals surface area (Å²) in [5, 5.41) is 3.79. The first-order chi connectivity index (χ1) is 10.0. The molecule has 2 rings (SSSR count). The highest BCUT2D eigenvalue weighted by molar-refractivity contribution is 4.92. The summed E-state index contributed by atoms with van der Waals surface area (Å²) in [7, 11) is 0. The zero-order valence-corrected chi connectivity index (χ0v) is 15.0. The zero-order valence-electron chi connectivity index (χ0n) is 15.0. The number of likely N-dealkylation sites (tertiary alicyclic amines) is 1. The van der Waals surface area contributed by atoms with Crippen molar-refractivity contribution in [3.63, 3.8) is 0 Å². The van der Waals surface area contributed by atoms with Gasteiger partial charge in [-0.05, 0) is 56.0 Å². The van der Waals surface area contributed by atoms with Crippen LogP contribution in [0.1, 0.15) is 72.6 Å². The van der Waals surface area contributed by atoms with Gasteiger partial charge in [0.1, 0.15) is 0 Å². The molecule has 1 aliphatic heterocycles. The molecule has 0 bridgehead atoms. The number of hydrogen-bond donors (Lipinski definition) is 1. The van der Waals surface area contributed by atoms with Gasteiger partial charge < -0.3 is 5.32 Å². The first kappa shape index (κ1) is 17.3. The molecule has 1 atom stereocenters. The maximum absolute atomic E-state index is 3.79. The Balaban J connectivity index is 1.95. The molecule has 0 radical (unpaired) electrons. The molecule has 0 amide bonds. The highest BCUT2D eigenvalue weighted by Crippen LogP contribution is 2.39. The standard InChI is InChI=1S/C19H38N2/c1-16(2)13-20-14-19(10-6-5-7-11-19)15-21-12-8-9-18(21)17(3)4/h16-18,20H,5-15H2,1-4H3. The predicted molar refractivity (Wildman–Crippen MR) is 92.7 cm³/mol. The highest BCUT2D eigenvalue weighted by atomic mass is 15.2. The molecule has 2 fully saturated rings. The maximum atomic E-state index is 3.79. The lowest BCUT2D eigenvalue weighted by Gasteiger charge is -2.43. The molecule has 1 N–H and O–H groups in total. The largest absolute Gasteiger partial charge is 0.316 e. The molecular weight excluding hydrogens is 256 g/mol. The molecule has 1 aliphatic carbocycles. The molecule has 1 heterocycles. The summed E-state index contributed by atoms with van der Waals surface area (Å²) in [6, 6.07) is 0.842. The minimum atomic E-state index is 0.560. The molecule has 2 heteroatoms. The summed E-state index contributed by atoms with van der Waals surface area (Å²) >= 11 is 0. The third kappa shape index (κ3) is 4.96. The molecule has 124 valence electrons. The Morgan fingerprint density at radius 3 is 2.38 bits per heavy atom. The van der Waals surface area contributed by atoms with Gasteiger partial charge in [-0.3, -0.25) is 4.90 Å². The number of nitrogens with one attached hydrogen (secondary N) is 1. The van der Waals surface area contributed by atoms with Crippen LogP contribution in [0.4, 0.5) is 0 Å². The fraction of sp³-hybridized carbons (Fsp3) is 1.00. The van der Waals surface area contributed by atoms with E-state index in [-0.39, 0.29) is 0 Å². The van der Waals surface area contributed by atoms with E-state index in [1.54, 1.807) is 0 Å². The Morgan fingerprint density at radius 1 is 1.05 bits per heavy atom. The van der Waals surface area contributed by atoms with Gasteiger partial charge in [-0.15, -0.1) is 0 Å². The summed E-state index contributed by atoms with van der Waals surface area (Å²) < 4.78 is 0. The van der Waals surface area contributed by atoms with Gasteiger partial charge >= 0.3 is 0 Å². The van der Waals surface area contributed by atoms with Crippen molar-refractivity contribution in [3.8, 4) is 0 Å². The fourth-order valence-electron chi connectivity index (χ4n) is 4.55. The Bertz CT molecular complexity index is 292. The predicted octanol–water partition coefficient (Wildman–Crippen LogP) is 4.30. The minimum absolute atomic E-state index is 0.560. The number of nitrogens with zero attached hydrogens (tertiary/aromatic N) is 1. The second kappa shape index (κ2) is 7.97. The second-order valence-electron chi connectivity index (χ2n) is 8.51. The van der Waals surface area contributed by atoms with Crippen molar-refractivity contribution < 1.29 is 0 Å². The molecule has 1 unspecified atom stereocenters. The van der Waals surface area contributed by atoms with Crippen molar-refractivity contribution >= 4 is 0 Å². The molecule has 2 aliphatic rings. The van der Waals surface area contributed by atoms with Gasteiger partial charge in [-0.2, -0.15) is 0 Å². The summed E-state index contributed by atoms with van der Waals surface area (Å²) in [5.41, 5.74) is 0.560. The van der Waals surface area contributed by atoms with Crippen LogP contribution in [0.5, 0.6) is 0 Å². The molecule has 0 aromatic rings. The van der Waals surface area contributed by atoms with E-state index in [1.165, 1.54) is 71.1 Å². The van der Waals surface area contributed by atoms with Crippen molar-refractivity contribution in [2.45, 2.75) is 78.7 Å². The van der Waals surface area contributed by atoms with Crippen molar-refractivity contribution in [2.75, 3.05) is 26.2 Å². The van der Waals surface area contributed by atoms with Crippen LogP contribution in [-0.4, -0.2) is 37.1 Å². The van der Waals surface area contributed by atoms with Gasteiger partial charge in [-0.1, -0.05) is 47.0 Å². The van der Waals surface area contributed by atoms with E-state index >= 15 is 0 Å². The normalized spacial score (nSPS) is 26.9. The first-order valence-corrected chi connectivity index (χ1v) is 9.47. The number of rotatable bonds is 7. The van der Waals surface area contributed by atoms with Gasteiger partial charge in [0, 0.05) is 19.1 Å². The van der Waals surface area contributed by atoms with Crippen molar-refractivity contribution in [2.24, 2.45) is 17.3 Å². The molecular formula is C19H38N2. The van der Waals surface area contributed by atoms with E-state index in [4.69, 9.17) is 0 Å². The van der Waals surface area contributed by atoms with Crippen LogP contribution in [0.3, 0.4) is 0 Å². The van der Waals surface area contributed by atoms with E-state index < -0.39 is 0 Å². The van der Waals surface area contributed by atoms with E-state index in [9.17, 15) is 0 Å². The molecule has 0 spiro atoms. The molecule has 2 nitrogen and oxygen atoms in total. The lowest BCUT2D eigenvalue weighted by atomic mass is 9.73. The van der Waals surface area contributed by atoms with E-state index in [0.717, 1.165) is 17.9 Å². The zero-order chi connectivity index (χ0) is 15.3. The number of hydrogen-bond acceptors (Lipinski definition) is 2. The lowest BCUT2D eigenvalue weighted by Crippen LogP contribution is -2.48. The van der Waals surface area contributed by atoms with Crippen LogP contribution < -0.4 is 5.32 Å². The summed E-state index contributed by atoms with van der Waals surface area (Å²) in [6.07, 6.45) is 10.1. The Morgan fingerprint density at radius 2 is 1.76 bits per heavy atom. The van der Waals surface area contributed by atoms with Gasteiger partial charge in [-0.25, -0.2) is 0 Å². The SMILES string of the molecule is CC(C)CNCC1(CN2CCCC2C(C)C)CCCCC1. The van der Waals surface area contributed by atoms with Crippen LogP contribution >= 0.6 is 0 Å². The van der Waals surface area contributed by atoms with Crippen molar-refractivity contribution in [1.29, 1.82) is 0 Å². The average molecular weight is 295 g/mol. The first-order valence-electron chi connectivity index (χ1n) is 9.47. The summed E-state index contributed by atoms with van der Waals surface area (Å²) in [6.45, 7) is 14.6. The van der Waals surface area contributed by atoms with Crippen molar-refractivity contribution in [3.05, 3.63) is 0 Å². The molecule has 0 aromatic heterocycles. The molecule has 21 heavy (non-hydrogen) atoms. The van der Waals surface area contributed by atoms with E-state index in [0.29, 0.717) is 5.41 Å². The smallest absolute Gasteiger partial charge is 0.0119 e. The molecule has 1 saturated carbocycles. The van der Waals surface area contributed by atoms with Gasteiger partial charge in [0.25, 0.3) is 0 Å². The third-order valence-corrected chi connectivity index (χ3v) is 5.69. The van der Waals surface area contributed by atoms with Crippen LogP contribution in [-0.2, 0) is 0 Å². The minimum Gasteiger partial charge on any atom is -0.316 e. The molecule has 0 aromatic carbocycles. The van der Waals surface area contributed by atoms with Gasteiger partial charge in [0.2, 0.25) is 0 Å². The van der Waals surface area contributed by atoms with Gasteiger partial charge in [0.05, 0.1) is 0 Å². The van der Waals surface area contributed by atoms with Gasteiger partial charge in [0.15, 0.2) is 0 Å². The van der Waals surface area contributed by atoms with Crippen LogP contribution in [0.15, 0.2) is 0 Å². The van der Waals surface area contributed by atoms with Crippen LogP contribution in [0.25, 0.3) is 0 Å². The van der Waals surface area contributed by atoms with Crippen molar-refractivity contribution in [1.82, 2.24) is 10.2 Å². The maximum Gasteiger partial charge on any atom is 0.0119 e. The summed E-state index contributed by atoms with van der Waals surface area (Å²) in [4.78, 5) is 2.84. The van der Waals surface area contributed by atoms with E-state index in [1.807, 2.05) is 0 Å². The lowest BCUT2D eigenvalue weighted by molar-refractivity contribution is 0.0814. The molecule has 1 saturated heterocycles. The van der Waals surface area contributed by atoms with Crippen LogP contribution in [0.2, 0.25) is 0 Å². The fourth-order valence-corrected chi connectivity index (χ4v) is 4.55. The monoisotopic (exact) mass is 294 g/mol. The average Bonchev–Trinajstić information content (AvgIpc) is 2.87. The highest BCUT2D eigenvalue weighted by Gasteiger charge is 2.37. The topological polar surface area (TPSA) is 15.3 Å². The second-order valence-corrected chi connectivity index (χ2v) is 8.51.